The summed E-state index contributed by atoms with van der Waals surface area (Å²) in [6.45, 7) is 4.91. The predicted molar refractivity (Wildman–Crippen MR) is 107 cm³/mol. The summed E-state index contributed by atoms with van der Waals surface area (Å²) in [7, 11) is 0. The van der Waals surface area contributed by atoms with Crippen LogP contribution in [0.1, 0.15) is 27.9 Å². The second-order valence-electron chi connectivity index (χ2n) is 7.05. The Hall–Kier alpha value is -2.23. The molecule has 4 rings (SSSR count). The van der Waals surface area contributed by atoms with Gasteiger partial charge in [0.1, 0.15) is 11.4 Å². The molecule has 2 saturated heterocycles. The molecule has 4 heterocycles. The van der Waals surface area contributed by atoms with Crippen molar-refractivity contribution in [1.29, 1.82) is 0 Å². The molecule has 29 heavy (non-hydrogen) atoms. The molecule has 2 fully saturated rings. The van der Waals surface area contributed by atoms with Gasteiger partial charge in [-0.05, 0) is 31.2 Å². The Balaban J connectivity index is 1.38. The SMILES string of the molecule is O=C(NCCCN1CCOCC1)C1CSC(c2ccoc2)N1C(=O)c1ccco1. The number of amides is 2. The van der Waals surface area contributed by atoms with Crippen LogP contribution in [-0.2, 0) is 9.53 Å². The quantitative estimate of drug-likeness (QED) is 0.687. The minimum Gasteiger partial charge on any atom is -0.472 e. The molecule has 0 radical (unpaired) electrons. The first kappa shape index (κ1) is 20.1. The van der Waals surface area contributed by atoms with Crippen LogP contribution in [0, 0.1) is 0 Å². The highest BCUT2D eigenvalue weighted by molar-refractivity contribution is 7.99. The van der Waals surface area contributed by atoms with Gasteiger partial charge in [0.05, 0.1) is 32.0 Å². The third kappa shape index (κ3) is 4.68. The van der Waals surface area contributed by atoms with E-state index in [1.54, 1.807) is 41.3 Å². The van der Waals surface area contributed by atoms with E-state index in [1.165, 1.54) is 6.26 Å². The fourth-order valence-electron chi connectivity index (χ4n) is 3.61. The van der Waals surface area contributed by atoms with Crippen molar-refractivity contribution in [3.63, 3.8) is 0 Å². The molecule has 0 saturated carbocycles. The Morgan fingerprint density at radius 1 is 1.21 bits per heavy atom. The molecule has 2 aliphatic heterocycles. The van der Waals surface area contributed by atoms with E-state index in [2.05, 4.69) is 10.2 Å². The topological polar surface area (TPSA) is 88.2 Å². The number of carbonyl (C=O) groups is 2. The lowest BCUT2D eigenvalue weighted by Gasteiger charge is -2.28. The molecule has 2 aromatic rings. The summed E-state index contributed by atoms with van der Waals surface area (Å²) in [5.41, 5.74) is 0.859. The van der Waals surface area contributed by atoms with Crippen LogP contribution in [-0.4, -0.2) is 72.8 Å². The van der Waals surface area contributed by atoms with E-state index in [0.29, 0.717) is 12.3 Å². The fraction of sp³-hybridized carbons (Fsp3) is 0.500. The number of hydrogen-bond donors (Lipinski definition) is 1. The van der Waals surface area contributed by atoms with Gasteiger partial charge in [-0.15, -0.1) is 11.8 Å². The predicted octanol–water partition coefficient (Wildman–Crippen LogP) is 1.97. The summed E-state index contributed by atoms with van der Waals surface area (Å²) in [6, 6.07) is 4.56. The highest BCUT2D eigenvalue weighted by Gasteiger charge is 2.43. The molecule has 0 bridgehead atoms. The van der Waals surface area contributed by atoms with Crippen LogP contribution >= 0.6 is 11.8 Å². The van der Waals surface area contributed by atoms with Crippen molar-refractivity contribution in [3.05, 3.63) is 48.3 Å². The first-order chi connectivity index (χ1) is 14.2. The van der Waals surface area contributed by atoms with Crippen molar-refractivity contribution in [3.8, 4) is 0 Å². The van der Waals surface area contributed by atoms with Gasteiger partial charge in [-0.3, -0.25) is 14.5 Å². The number of thioether (sulfide) groups is 1. The molecule has 2 aliphatic rings. The van der Waals surface area contributed by atoms with Crippen LogP contribution in [0.2, 0.25) is 0 Å². The molecule has 0 aromatic carbocycles. The minimum atomic E-state index is -0.555. The van der Waals surface area contributed by atoms with Gasteiger partial charge >= 0.3 is 0 Å². The van der Waals surface area contributed by atoms with Crippen molar-refractivity contribution in [1.82, 2.24) is 15.1 Å². The van der Waals surface area contributed by atoms with E-state index in [1.807, 2.05) is 6.07 Å². The molecule has 9 heteroatoms. The van der Waals surface area contributed by atoms with Gasteiger partial charge in [0, 0.05) is 31.0 Å². The molecular weight excluding hydrogens is 394 g/mol. The highest BCUT2D eigenvalue weighted by Crippen LogP contribution is 2.42. The number of nitrogens with zero attached hydrogens (tertiary/aromatic N) is 2. The average molecular weight is 420 g/mol. The van der Waals surface area contributed by atoms with E-state index < -0.39 is 6.04 Å². The lowest BCUT2D eigenvalue weighted by Crippen LogP contribution is -2.48. The van der Waals surface area contributed by atoms with Gasteiger partial charge in [-0.25, -0.2) is 0 Å². The van der Waals surface area contributed by atoms with Gasteiger partial charge < -0.3 is 23.8 Å². The van der Waals surface area contributed by atoms with Gasteiger partial charge in [-0.1, -0.05) is 0 Å². The Bertz CT molecular complexity index is 789. The second-order valence-corrected chi connectivity index (χ2v) is 8.16. The molecular formula is C20H25N3O5S. The molecule has 1 N–H and O–H groups in total. The third-order valence-electron chi connectivity index (χ3n) is 5.15. The molecule has 156 valence electrons. The molecule has 0 aliphatic carbocycles. The number of morpholine rings is 1. The maximum atomic E-state index is 13.1. The van der Waals surface area contributed by atoms with E-state index in [0.717, 1.165) is 44.8 Å². The first-order valence-corrected chi connectivity index (χ1v) is 10.9. The fourth-order valence-corrected chi connectivity index (χ4v) is 5.02. The zero-order chi connectivity index (χ0) is 20.1. The van der Waals surface area contributed by atoms with Crippen LogP contribution in [0.15, 0.2) is 45.8 Å². The third-order valence-corrected chi connectivity index (χ3v) is 6.48. The summed E-state index contributed by atoms with van der Waals surface area (Å²) in [4.78, 5) is 29.9. The van der Waals surface area contributed by atoms with Crippen LogP contribution in [0.25, 0.3) is 0 Å². The smallest absolute Gasteiger partial charge is 0.291 e. The van der Waals surface area contributed by atoms with Gasteiger partial charge in [0.25, 0.3) is 5.91 Å². The monoisotopic (exact) mass is 419 g/mol. The summed E-state index contributed by atoms with van der Waals surface area (Å²) in [5.74, 6) is 0.327. The zero-order valence-corrected chi connectivity index (χ0v) is 16.9. The Morgan fingerprint density at radius 3 is 2.79 bits per heavy atom. The molecule has 2 amide bonds. The van der Waals surface area contributed by atoms with Gasteiger partial charge in [0.15, 0.2) is 5.76 Å². The van der Waals surface area contributed by atoms with Gasteiger partial charge in [0.2, 0.25) is 5.91 Å². The maximum Gasteiger partial charge on any atom is 0.291 e. The zero-order valence-electron chi connectivity index (χ0n) is 16.1. The number of hydrogen-bond acceptors (Lipinski definition) is 7. The van der Waals surface area contributed by atoms with E-state index in [-0.39, 0.29) is 22.9 Å². The van der Waals surface area contributed by atoms with Crippen molar-refractivity contribution < 1.29 is 23.2 Å². The number of rotatable bonds is 7. The number of carbonyl (C=O) groups excluding carboxylic acids is 2. The second kappa shape index (κ2) is 9.51. The largest absolute Gasteiger partial charge is 0.472 e. The van der Waals surface area contributed by atoms with Crippen molar-refractivity contribution >= 4 is 23.6 Å². The lowest BCUT2D eigenvalue weighted by atomic mass is 10.2. The van der Waals surface area contributed by atoms with Crippen LogP contribution in [0.3, 0.4) is 0 Å². The molecule has 8 nitrogen and oxygen atoms in total. The Morgan fingerprint density at radius 2 is 2.07 bits per heavy atom. The van der Waals surface area contributed by atoms with Crippen molar-refractivity contribution in [2.24, 2.45) is 0 Å². The number of ether oxygens (including phenoxy) is 1. The maximum absolute atomic E-state index is 13.1. The first-order valence-electron chi connectivity index (χ1n) is 9.82. The molecule has 2 unspecified atom stereocenters. The molecule has 0 spiro atoms. The summed E-state index contributed by atoms with van der Waals surface area (Å²) < 4.78 is 15.8. The standard InChI is InChI=1S/C20H25N3O5S/c24-18(21-5-2-6-22-7-11-26-12-8-22)16-14-29-20(15-4-10-27-13-15)23(16)19(25)17-3-1-9-28-17/h1,3-4,9-10,13,16,20H,2,5-8,11-12,14H2,(H,21,24). The number of nitrogens with one attached hydrogen (secondary N) is 1. The molecule has 2 atom stereocenters. The lowest BCUT2D eigenvalue weighted by molar-refractivity contribution is -0.124. The number of furan rings is 2. The van der Waals surface area contributed by atoms with Crippen LogP contribution in [0.4, 0.5) is 0 Å². The van der Waals surface area contributed by atoms with Crippen LogP contribution < -0.4 is 5.32 Å². The highest BCUT2D eigenvalue weighted by atomic mass is 32.2. The van der Waals surface area contributed by atoms with Crippen LogP contribution in [0.5, 0.6) is 0 Å². The van der Waals surface area contributed by atoms with E-state index in [4.69, 9.17) is 13.6 Å². The molecule has 2 aromatic heterocycles. The Labute approximate surface area is 173 Å². The van der Waals surface area contributed by atoms with E-state index in [9.17, 15) is 9.59 Å². The summed E-state index contributed by atoms with van der Waals surface area (Å²) >= 11 is 1.55. The van der Waals surface area contributed by atoms with Crippen molar-refractivity contribution in [2.75, 3.05) is 45.1 Å². The Kier molecular flexibility index (Phi) is 6.58. The van der Waals surface area contributed by atoms with Gasteiger partial charge in [-0.2, -0.15) is 0 Å². The average Bonchev–Trinajstić information content (AvgIpc) is 3.51. The van der Waals surface area contributed by atoms with Crippen molar-refractivity contribution in [2.45, 2.75) is 17.8 Å². The summed E-state index contributed by atoms with van der Waals surface area (Å²) in [5, 5.41) is 2.72. The normalized spacial score (nSPS) is 22.7. The van der Waals surface area contributed by atoms with E-state index >= 15 is 0 Å². The minimum absolute atomic E-state index is 0.134. The summed E-state index contributed by atoms with van der Waals surface area (Å²) in [6.07, 6.45) is 5.51.